The van der Waals surface area contributed by atoms with E-state index in [1.165, 1.54) is 141 Å². The van der Waals surface area contributed by atoms with Crippen molar-refractivity contribution < 1.29 is 52.2 Å². The van der Waals surface area contributed by atoms with E-state index in [0.717, 1.165) is 89.9 Å². The Balaban J connectivity index is 4.78. The third-order valence-electron chi connectivity index (χ3n) is 14.0. The van der Waals surface area contributed by atoms with Gasteiger partial charge in [-0.3, -0.25) is 23.4 Å². The fourth-order valence-electron chi connectivity index (χ4n) is 9.00. The molecule has 3 atom stereocenters. The molecule has 0 aliphatic rings. The van der Waals surface area contributed by atoms with Gasteiger partial charge >= 0.3 is 25.7 Å². The highest BCUT2D eigenvalue weighted by atomic mass is 31.2. The number of hydrogen-bond donors (Lipinski definition) is 2. The molecule has 0 saturated carbocycles. The van der Waals surface area contributed by atoms with Gasteiger partial charge in [0.15, 0.2) is 6.10 Å². The van der Waals surface area contributed by atoms with Crippen molar-refractivity contribution in [3.05, 3.63) is 97.2 Å². The lowest BCUT2D eigenvalue weighted by Gasteiger charge is -2.21. The first-order chi connectivity index (χ1) is 40.2. The maximum atomic E-state index is 13.0. The number of aliphatic hydroxyl groups is 1. The molecule has 0 aliphatic carbocycles. The molecule has 472 valence electrons. The minimum absolute atomic E-state index is 0.0980. The van der Waals surface area contributed by atoms with Crippen molar-refractivity contribution in [1.82, 2.24) is 0 Å². The number of carbonyl (C=O) groups excluding carboxylic acids is 3. The lowest BCUT2D eigenvalue weighted by Crippen LogP contribution is -2.30. The maximum Gasteiger partial charge on any atom is 0.472 e. The molecule has 0 spiro atoms. The van der Waals surface area contributed by atoms with Crippen LogP contribution >= 0.6 is 7.82 Å². The Morgan fingerprint density at radius 2 is 0.659 bits per heavy atom. The zero-order chi connectivity index (χ0) is 59.8. The summed E-state index contributed by atoms with van der Waals surface area (Å²) in [7, 11) is -4.78. The van der Waals surface area contributed by atoms with Gasteiger partial charge in [-0.1, -0.05) is 279 Å². The average molecular weight is 1170 g/mol. The summed E-state index contributed by atoms with van der Waals surface area (Å²) < 4.78 is 39.7. The third-order valence-corrected chi connectivity index (χ3v) is 15.0. The van der Waals surface area contributed by atoms with Gasteiger partial charge in [0.2, 0.25) is 0 Å². The number of carbonyl (C=O) groups is 3. The van der Waals surface area contributed by atoms with Gasteiger partial charge in [-0.05, 0) is 89.9 Å². The summed E-state index contributed by atoms with van der Waals surface area (Å²) in [6.07, 6.45) is 76.5. The van der Waals surface area contributed by atoms with Crippen LogP contribution in [0.1, 0.15) is 290 Å². The van der Waals surface area contributed by atoms with Crippen molar-refractivity contribution in [2.24, 2.45) is 0 Å². The number of phosphoric ester groups is 1. The Morgan fingerprint density at radius 1 is 0.354 bits per heavy atom. The third kappa shape index (κ3) is 61.0. The highest BCUT2D eigenvalue weighted by Gasteiger charge is 2.28. The fourth-order valence-corrected chi connectivity index (χ4v) is 9.79. The molecule has 0 fully saturated rings. The van der Waals surface area contributed by atoms with Crippen molar-refractivity contribution in [3.63, 3.8) is 0 Å². The van der Waals surface area contributed by atoms with Crippen LogP contribution in [0.2, 0.25) is 0 Å². The van der Waals surface area contributed by atoms with E-state index in [0.29, 0.717) is 19.3 Å². The first-order valence-electron chi connectivity index (χ1n) is 33.1. The summed E-state index contributed by atoms with van der Waals surface area (Å²) in [6, 6.07) is 0. The smallest absolute Gasteiger partial charge is 0.462 e. The lowest BCUT2D eigenvalue weighted by atomic mass is 10.0. The van der Waals surface area contributed by atoms with Crippen LogP contribution in [-0.4, -0.2) is 66.5 Å². The summed E-state index contributed by atoms with van der Waals surface area (Å²) in [5.74, 6) is -1.56. The summed E-state index contributed by atoms with van der Waals surface area (Å²) >= 11 is 0. The highest BCUT2D eigenvalue weighted by Crippen LogP contribution is 2.43. The molecule has 0 aliphatic heterocycles. The van der Waals surface area contributed by atoms with Crippen LogP contribution < -0.4 is 0 Å². The lowest BCUT2D eigenvalue weighted by molar-refractivity contribution is -0.161. The Bertz CT molecular complexity index is 1750. The standard InChI is InChI=1S/C70H121O11P/c1-4-7-10-13-16-19-22-25-28-31-33-36-38-41-44-47-50-53-56-59-68(72)77-63-67(81-70(74)61-58-55-52-49-46-43-40-37-34-32-29-26-23-20-17-14-11-8-5-2)65-79-82(75,76)78-64-66(62-71)80-69(73)60-57-54-51-48-45-42-39-35-30-27-24-21-18-15-12-9-6-3/h7,10,16-17,19-20,25-26,28-29,33,36,41,44,50,53,66-67,71H,4-6,8-9,11-15,18,21-24,27,30-32,34-35,37-40,42-43,45-49,51-52,54-65H2,1-3H3,(H,75,76)/b10-7-,19-16-,20-17-,28-25-,29-26-,36-33-,44-41-,53-50-. The number of ether oxygens (including phenoxy) is 3. The summed E-state index contributed by atoms with van der Waals surface area (Å²) in [6.45, 7) is 4.47. The van der Waals surface area contributed by atoms with E-state index in [1.807, 2.05) is 12.2 Å². The minimum atomic E-state index is -4.78. The quantitative estimate of drug-likeness (QED) is 0.0197. The number of allylic oxidation sites excluding steroid dienone is 16. The zero-order valence-electron chi connectivity index (χ0n) is 52.4. The Hall–Kier alpha value is -3.60. The molecule has 3 unspecified atom stereocenters. The largest absolute Gasteiger partial charge is 0.472 e. The van der Waals surface area contributed by atoms with Gasteiger partial charge in [0, 0.05) is 19.3 Å². The van der Waals surface area contributed by atoms with Crippen LogP contribution in [0.15, 0.2) is 97.2 Å². The number of hydrogen-bond acceptors (Lipinski definition) is 10. The molecule has 2 N–H and O–H groups in total. The normalized spacial score (nSPS) is 13.9. The molecule has 0 heterocycles. The molecule has 12 heteroatoms. The second-order valence-electron chi connectivity index (χ2n) is 21.9. The molecule has 0 bridgehead atoms. The zero-order valence-corrected chi connectivity index (χ0v) is 53.3. The van der Waals surface area contributed by atoms with Gasteiger partial charge < -0.3 is 24.2 Å². The van der Waals surface area contributed by atoms with Gasteiger partial charge in [-0.25, -0.2) is 4.57 Å². The molecular weight excluding hydrogens is 1050 g/mol. The number of phosphoric acid groups is 1. The molecule has 11 nitrogen and oxygen atoms in total. The number of unbranched alkanes of at least 4 members (excludes halogenated alkanes) is 28. The summed E-state index contributed by atoms with van der Waals surface area (Å²) in [5.41, 5.74) is 0. The topological polar surface area (TPSA) is 155 Å². The highest BCUT2D eigenvalue weighted by molar-refractivity contribution is 7.47. The van der Waals surface area contributed by atoms with Crippen LogP contribution in [0.3, 0.4) is 0 Å². The first kappa shape index (κ1) is 78.4. The number of esters is 3. The second-order valence-corrected chi connectivity index (χ2v) is 23.4. The summed E-state index contributed by atoms with van der Waals surface area (Å²) in [4.78, 5) is 48.8. The maximum absolute atomic E-state index is 13.0. The van der Waals surface area contributed by atoms with Crippen LogP contribution in [-0.2, 0) is 42.2 Å². The summed E-state index contributed by atoms with van der Waals surface area (Å²) in [5, 5.41) is 9.87. The second kappa shape index (κ2) is 63.4. The predicted molar refractivity (Wildman–Crippen MR) is 344 cm³/mol. The molecular formula is C70H121O11P. The van der Waals surface area contributed by atoms with Crippen LogP contribution in [0, 0.1) is 0 Å². The Kier molecular flexibility index (Phi) is 60.6. The van der Waals surface area contributed by atoms with Crippen LogP contribution in [0.5, 0.6) is 0 Å². The van der Waals surface area contributed by atoms with E-state index in [4.69, 9.17) is 23.3 Å². The van der Waals surface area contributed by atoms with Gasteiger partial charge in [-0.2, -0.15) is 0 Å². The molecule has 0 aromatic carbocycles. The first-order valence-corrected chi connectivity index (χ1v) is 34.6. The van der Waals surface area contributed by atoms with Gasteiger partial charge in [0.1, 0.15) is 12.7 Å². The molecule has 0 saturated heterocycles. The van der Waals surface area contributed by atoms with Crippen molar-refractivity contribution in [2.75, 3.05) is 26.4 Å². The van der Waals surface area contributed by atoms with E-state index in [2.05, 4.69) is 106 Å². The van der Waals surface area contributed by atoms with Gasteiger partial charge in [0.25, 0.3) is 0 Å². The molecule has 0 radical (unpaired) electrons. The number of aliphatic hydroxyl groups excluding tert-OH is 1. The molecule has 82 heavy (non-hydrogen) atoms. The van der Waals surface area contributed by atoms with E-state index in [9.17, 15) is 28.9 Å². The van der Waals surface area contributed by atoms with Crippen LogP contribution in [0.25, 0.3) is 0 Å². The average Bonchev–Trinajstić information content (AvgIpc) is 3.47. The van der Waals surface area contributed by atoms with E-state index >= 15 is 0 Å². The molecule has 0 aromatic heterocycles. The van der Waals surface area contributed by atoms with Crippen molar-refractivity contribution >= 4 is 25.7 Å². The predicted octanol–water partition coefficient (Wildman–Crippen LogP) is 20.4. The van der Waals surface area contributed by atoms with Gasteiger partial charge in [0.05, 0.1) is 19.8 Å². The molecule has 0 aromatic rings. The minimum Gasteiger partial charge on any atom is -0.462 e. The SMILES string of the molecule is CC/C=C\C/C=C\C/C=C\C/C=C\C/C=C\C/C=C\CCC(=O)OCC(COP(=O)(O)OCC(CO)OC(=O)CCCCCCCCCCCCCCCCCCC)OC(=O)CCCCCCCCCCC/C=C\C/C=C\CCCCC. The number of rotatable bonds is 61. The monoisotopic (exact) mass is 1170 g/mol. The van der Waals surface area contributed by atoms with Crippen molar-refractivity contribution in [2.45, 2.75) is 303 Å². The van der Waals surface area contributed by atoms with E-state index < -0.39 is 57.8 Å². The van der Waals surface area contributed by atoms with E-state index in [1.54, 1.807) is 0 Å². The van der Waals surface area contributed by atoms with Crippen molar-refractivity contribution in [1.29, 1.82) is 0 Å². The fraction of sp³-hybridized carbons (Fsp3) is 0.729. The molecule has 0 rings (SSSR count). The van der Waals surface area contributed by atoms with E-state index in [-0.39, 0.29) is 25.9 Å². The Morgan fingerprint density at radius 3 is 1.05 bits per heavy atom. The van der Waals surface area contributed by atoms with Gasteiger partial charge in [-0.15, -0.1) is 0 Å². The van der Waals surface area contributed by atoms with Crippen LogP contribution in [0.4, 0.5) is 0 Å². The van der Waals surface area contributed by atoms with Crippen molar-refractivity contribution in [3.8, 4) is 0 Å². The molecule has 0 amide bonds. The Labute approximate surface area is 502 Å².